The van der Waals surface area contributed by atoms with Crippen LogP contribution in [-0.4, -0.2) is 30.6 Å². The molecule has 1 atom stereocenters. The van der Waals surface area contributed by atoms with Crippen molar-refractivity contribution in [2.45, 2.75) is 12.8 Å². The monoisotopic (exact) mass is 380 g/mol. The lowest BCUT2D eigenvalue weighted by atomic mass is 10.0. The van der Waals surface area contributed by atoms with E-state index in [1.807, 2.05) is 12.1 Å². The molecular weight excluding hydrogens is 359 g/mol. The summed E-state index contributed by atoms with van der Waals surface area (Å²) in [4.78, 5) is 17.1. The van der Waals surface area contributed by atoms with Crippen molar-refractivity contribution in [3.63, 3.8) is 0 Å². The summed E-state index contributed by atoms with van der Waals surface area (Å²) in [6, 6.07) is 13.2. The van der Waals surface area contributed by atoms with Crippen LogP contribution in [0.4, 0.5) is 4.39 Å². The van der Waals surface area contributed by atoms with Gasteiger partial charge in [-0.3, -0.25) is 4.79 Å². The lowest BCUT2D eigenvalue weighted by Crippen LogP contribution is -2.33. The highest BCUT2D eigenvalue weighted by molar-refractivity contribution is 6.00. The fourth-order valence-corrected chi connectivity index (χ4v) is 3.31. The smallest absolute Gasteiger partial charge is 0.252 e. The van der Waals surface area contributed by atoms with Gasteiger partial charge in [-0.15, -0.1) is 0 Å². The van der Waals surface area contributed by atoms with E-state index >= 15 is 0 Å². The Morgan fingerprint density at radius 3 is 2.79 bits per heavy atom. The molecule has 0 spiro atoms. The number of nitrogens with zero attached hydrogens (tertiary/aromatic N) is 1. The van der Waals surface area contributed by atoms with Gasteiger partial charge in [-0.1, -0.05) is 12.1 Å². The molecule has 5 nitrogen and oxygen atoms in total. The number of benzene rings is 2. The van der Waals surface area contributed by atoms with Crippen molar-refractivity contribution in [3.8, 4) is 22.8 Å². The normalized spacial score (nSPS) is 16.7. The molecule has 6 heteroatoms. The van der Waals surface area contributed by atoms with Crippen LogP contribution in [0.5, 0.6) is 0 Å². The van der Waals surface area contributed by atoms with Gasteiger partial charge in [0.25, 0.3) is 5.91 Å². The molecule has 4 rings (SSSR count). The molecule has 1 saturated heterocycles. The maximum Gasteiger partial charge on any atom is 0.252 e. The maximum absolute atomic E-state index is 13.1. The minimum atomic E-state index is -0.311. The van der Waals surface area contributed by atoms with Crippen LogP contribution in [0.2, 0.25) is 0 Å². The van der Waals surface area contributed by atoms with Crippen molar-refractivity contribution < 1.29 is 18.3 Å². The van der Waals surface area contributed by atoms with E-state index in [1.54, 1.807) is 30.5 Å². The molecule has 3 aromatic rings. The molecule has 1 fully saturated rings. The predicted molar refractivity (Wildman–Crippen MR) is 103 cm³/mol. The van der Waals surface area contributed by atoms with Gasteiger partial charge in [-0.25, -0.2) is 9.37 Å². The second kappa shape index (κ2) is 8.35. The fraction of sp³-hybridized carbons (Fsp3) is 0.273. The number of carbonyl (C=O) groups is 1. The minimum absolute atomic E-state index is 0.164. The van der Waals surface area contributed by atoms with Crippen molar-refractivity contribution in [1.29, 1.82) is 0 Å². The molecule has 1 N–H and O–H groups in total. The summed E-state index contributed by atoms with van der Waals surface area (Å²) in [7, 11) is 0. The van der Waals surface area contributed by atoms with Crippen LogP contribution in [0, 0.1) is 11.7 Å². The number of hydrogen-bond acceptors (Lipinski definition) is 4. The summed E-state index contributed by atoms with van der Waals surface area (Å²) < 4.78 is 24.4. The van der Waals surface area contributed by atoms with Crippen LogP contribution in [0.1, 0.15) is 23.2 Å². The molecule has 0 aliphatic carbocycles. The molecule has 0 radical (unpaired) electrons. The van der Waals surface area contributed by atoms with Crippen molar-refractivity contribution in [2.75, 3.05) is 19.8 Å². The molecule has 1 amide bonds. The van der Waals surface area contributed by atoms with Crippen molar-refractivity contribution >= 4 is 5.91 Å². The molecule has 0 bridgehead atoms. The SMILES string of the molecule is O=C(NCC1CCCOC1)c1ccccc1-c1ncc(-c2ccc(F)cc2)o1. The topological polar surface area (TPSA) is 64.4 Å². The van der Waals surface area contributed by atoms with Gasteiger partial charge in [0.15, 0.2) is 5.76 Å². The standard InChI is InChI=1S/C22H21FN2O3/c23-17-9-7-16(8-10-17)20-13-25-22(28-20)19-6-2-1-5-18(19)21(26)24-12-15-4-3-11-27-14-15/h1-2,5-10,13,15H,3-4,11-12,14H2,(H,24,26). The number of nitrogens with one attached hydrogen (secondary N) is 1. The van der Waals surface area contributed by atoms with Crippen LogP contribution in [0.3, 0.4) is 0 Å². The number of halogens is 1. The number of aromatic nitrogens is 1. The van der Waals surface area contributed by atoms with E-state index in [0.717, 1.165) is 25.0 Å². The van der Waals surface area contributed by atoms with Gasteiger partial charge in [0.05, 0.1) is 18.4 Å². The first-order valence-electron chi connectivity index (χ1n) is 9.38. The molecule has 28 heavy (non-hydrogen) atoms. The summed E-state index contributed by atoms with van der Waals surface area (Å²) in [6.45, 7) is 2.07. The number of rotatable bonds is 5. The van der Waals surface area contributed by atoms with Crippen LogP contribution in [0.25, 0.3) is 22.8 Å². The summed E-state index contributed by atoms with van der Waals surface area (Å²) in [5.74, 6) is 0.740. The molecule has 2 aromatic carbocycles. The molecule has 1 aliphatic heterocycles. The number of amides is 1. The van der Waals surface area contributed by atoms with Gasteiger partial charge in [-0.2, -0.15) is 0 Å². The van der Waals surface area contributed by atoms with Crippen LogP contribution in [0.15, 0.2) is 59.1 Å². The highest BCUT2D eigenvalue weighted by Crippen LogP contribution is 2.28. The first-order valence-corrected chi connectivity index (χ1v) is 9.38. The number of hydrogen-bond donors (Lipinski definition) is 1. The third-order valence-corrected chi connectivity index (χ3v) is 4.84. The first-order chi connectivity index (χ1) is 13.7. The molecule has 144 valence electrons. The lowest BCUT2D eigenvalue weighted by molar-refractivity contribution is 0.0536. The average Bonchev–Trinajstić information content (AvgIpc) is 3.23. The zero-order chi connectivity index (χ0) is 19.3. The maximum atomic E-state index is 13.1. The second-order valence-electron chi connectivity index (χ2n) is 6.88. The van der Waals surface area contributed by atoms with Crippen LogP contribution < -0.4 is 5.32 Å². The van der Waals surface area contributed by atoms with Gasteiger partial charge in [0.1, 0.15) is 5.82 Å². The van der Waals surface area contributed by atoms with Gasteiger partial charge in [0, 0.05) is 24.3 Å². The fourth-order valence-electron chi connectivity index (χ4n) is 3.31. The minimum Gasteiger partial charge on any atom is -0.436 e. The zero-order valence-corrected chi connectivity index (χ0v) is 15.4. The Labute approximate surface area is 162 Å². The van der Waals surface area contributed by atoms with Gasteiger partial charge >= 0.3 is 0 Å². The van der Waals surface area contributed by atoms with Gasteiger partial charge in [0.2, 0.25) is 5.89 Å². The third-order valence-electron chi connectivity index (χ3n) is 4.84. The first kappa shape index (κ1) is 18.4. The Balaban J connectivity index is 1.52. The Morgan fingerprint density at radius 2 is 2.00 bits per heavy atom. The summed E-state index contributed by atoms with van der Waals surface area (Å²) in [5, 5.41) is 2.99. The van der Waals surface area contributed by atoms with Crippen LogP contribution >= 0.6 is 0 Å². The quantitative estimate of drug-likeness (QED) is 0.717. The zero-order valence-electron chi connectivity index (χ0n) is 15.4. The van der Waals surface area contributed by atoms with E-state index in [2.05, 4.69) is 10.3 Å². The molecule has 1 unspecified atom stereocenters. The lowest BCUT2D eigenvalue weighted by Gasteiger charge is -2.22. The average molecular weight is 380 g/mol. The van der Waals surface area contributed by atoms with E-state index in [9.17, 15) is 9.18 Å². The highest BCUT2D eigenvalue weighted by Gasteiger charge is 2.19. The highest BCUT2D eigenvalue weighted by atomic mass is 19.1. The largest absolute Gasteiger partial charge is 0.436 e. The Morgan fingerprint density at radius 1 is 1.18 bits per heavy atom. The predicted octanol–water partition coefficient (Wildman–Crippen LogP) is 4.30. The van der Waals surface area contributed by atoms with Gasteiger partial charge < -0.3 is 14.5 Å². The van der Waals surface area contributed by atoms with E-state index in [4.69, 9.17) is 9.15 Å². The third kappa shape index (κ3) is 4.12. The van der Waals surface area contributed by atoms with E-state index in [0.29, 0.717) is 41.8 Å². The molecule has 2 heterocycles. The van der Waals surface area contributed by atoms with Crippen molar-refractivity contribution in [3.05, 3.63) is 66.1 Å². The molecule has 1 aromatic heterocycles. The molecule has 0 saturated carbocycles. The summed E-state index contributed by atoms with van der Waals surface area (Å²) in [6.07, 6.45) is 3.67. The van der Waals surface area contributed by atoms with Gasteiger partial charge in [-0.05, 0) is 55.2 Å². The molecule has 1 aliphatic rings. The number of oxazole rings is 1. The number of ether oxygens (including phenoxy) is 1. The second-order valence-corrected chi connectivity index (χ2v) is 6.88. The summed E-state index contributed by atoms with van der Waals surface area (Å²) in [5.41, 5.74) is 1.85. The molecular formula is C22H21FN2O3. The van der Waals surface area contributed by atoms with Crippen molar-refractivity contribution in [2.24, 2.45) is 5.92 Å². The van der Waals surface area contributed by atoms with Crippen molar-refractivity contribution in [1.82, 2.24) is 10.3 Å². The Kier molecular flexibility index (Phi) is 5.48. The number of carbonyl (C=O) groups excluding carboxylic acids is 1. The Hall–Kier alpha value is -2.99. The van der Waals surface area contributed by atoms with E-state index in [-0.39, 0.29) is 11.7 Å². The van der Waals surface area contributed by atoms with E-state index < -0.39 is 0 Å². The Bertz CT molecular complexity index is 946. The van der Waals surface area contributed by atoms with Crippen LogP contribution in [-0.2, 0) is 4.74 Å². The van der Waals surface area contributed by atoms with E-state index in [1.165, 1.54) is 12.1 Å². The summed E-state index contributed by atoms with van der Waals surface area (Å²) >= 11 is 0.